The van der Waals surface area contributed by atoms with Gasteiger partial charge in [-0.15, -0.1) is 5.06 Å². The second-order valence-electron chi connectivity index (χ2n) is 5.47. The zero-order chi connectivity index (χ0) is 17.0. The molecule has 0 atom stereocenters. The minimum Gasteiger partial charge on any atom is -0.350 e. The van der Waals surface area contributed by atoms with Crippen LogP contribution >= 0.6 is 12.2 Å². The number of nitrogens with one attached hydrogen (secondary N) is 1. The van der Waals surface area contributed by atoms with Crippen molar-refractivity contribution in [3.8, 4) is 0 Å². The Labute approximate surface area is 139 Å². The molecule has 1 heterocycles. The number of imide groups is 1. The van der Waals surface area contributed by atoms with Gasteiger partial charge in [0.25, 0.3) is 11.8 Å². The molecular weight excluding hydrogens is 316 g/mol. The highest BCUT2D eigenvalue weighted by Gasteiger charge is 2.33. The molecule has 1 aromatic rings. The summed E-state index contributed by atoms with van der Waals surface area (Å²) in [4.78, 5) is 40.3. The van der Waals surface area contributed by atoms with E-state index in [1.165, 1.54) is 5.92 Å². The number of carbonyl (C=O) groups excluding carboxylic acids is 3. The average Bonchev–Trinajstić information content (AvgIpc) is 2.79. The van der Waals surface area contributed by atoms with E-state index in [4.69, 9.17) is 17.1 Å². The molecule has 1 aliphatic rings. The van der Waals surface area contributed by atoms with E-state index in [1.54, 1.807) is 24.3 Å². The predicted molar refractivity (Wildman–Crippen MR) is 88.4 cm³/mol. The van der Waals surface area contributed by atoms with Gasteiger partial charge in [0.15, 0.2) is 0 Å². The molecular formula is C16H17N2O4S. The molecule has 1 N–H and O–H groups in total. The quantitative estimate of drug-likeness (QED) is 0.659. The Bertz CT molecular complexity index is 624. The molecule has 0 aliphatic carbocycles. The number of hydroxylamine groups is 2. The van der Waals surface area contributed by atoms with Crippen LogP contribution in [0.5, 0.6) is 0 Å². The Morgan fingerprint density at radius 2 is 1.74 bits per heavy atom. The number of anilines is 1. The molecule has 0 bridgehead atoms. The van der Waals surface area contributed by atoms with Crippen LogP contribution < -0.4 is 5.32 Å². The number of benzene rings is 1. The van der Waals surface area contributed by atoms with Crippen LogP contribution in [-0.2, 0) is 14.4 Å². The number of thiocarbonyl (C=S) groups is 1. The van der Waals surface area contributed by atoms with Gasteiger partial charge in [-0.2, -0.15) is 0 Å². The minimum absolute atomic E-state index is 0.0697. The fraction of sp³-hybridized carbons (Fsp3) is 0.312. The highest BCUT2D eigenvalue weighted by atomic mass is 32.1. The van der Waals surface area contributed by atoms with Crippen LogP contribution in [0.15, 0.2) is 24.3 Å². The molecule has 0 saturated carbocycles. The number of rotatable bonds is 5. The van der Waals surface area contributed by atoms with Crippen molar-refractivity contribution in [2.75, 3.05) is 5.32 Å². The molecule has 23 heavy (non-hydrogen) atoms. The fourth-order valence-corrected chi connectivity index (χ4v) is 2.42. The van der Waals surface area contributed by atoms with Gasteiger partial charge in [-0.3, -0.25) is 9.59 Å². The van der Waals surface area contributed by atoms with Gasteiger partial charge in [-0.25, -0.2) is 4.79 Å². The lowest BCUT2D eigenvalue weighted by atomic mass is 10.1. The molecule has 1 fully saturated rings. The summed E-state index contributed by atoms with van der Waals surface area (Å²) < 4.78 is 0. The first-order chi connectivity index (χ1) is 10.9. The van der Waals surface area contributed by atoms with Gasteiger partial charge >= 0.3 is 5.97 Å². The lowest BCUT2D eigenvalue weighted by Crippen LogP contribution is -2.32. The van der Waals surface area contributed by atoms with Crippen molar-refractivity contribution < 1.29 is 19.2 Å². The molecule has 1 aliphatic heterocycles. The maximum Gasteiger partial charge on any atom is 0.363 e. The zero-order valence-corrected chi connectivity index (χ0v) is 13.7. The summed E-state index contributed by atoms with van der Waals surface area (Å²) in [6.45, 7) is 3.99. The first-order valence-electron chi connectivity index (χ1n) is 7.14. The Morgan fingerprint density at radius 1 is 1.17 bits per heavy atom. The largest absolute Gasteiger partial charge is 0.363 e. The lowest BCUT2D eigenvalue weighted by molar-refractivity contribution is -0.172. The summed E-state index contributed by atoms with van der Waals surface area (Å²) in [5.74, 6) is -0.556. The van der Waals surface area contributed by atoms with Gasteiger partial charge in [0.05, 0.1) is 10.6 Å². The first kappa shape index (κ1) is 17.1. The van der Waals surface area contributed by atoms with Crippen molar-refractivity contribution >= 4 is 40.7 Å². The number of carbonyl (C=O) groups is 3. The number of hydrogen-bond acceptors (Lipinski definition) is 5. The normalized spacial score (nSPS) is 14.3. The summed E-state index contributed by atoms with van der Waals surface area (Å²) in [5, 5.41) is 3.60. The third-order valence-corrected chi connectivity index (χ3v) is 3.34. The third kappa shape index (κ3) is 4.59. The van der Waals surface area contributed by atoms with Crippen molar-refractivity contribution in [1.29, 1.82) is 0 Å². The molecule has 0 aromatic heterocycles. The van der Waals surface area contributed by atoms with Gasteiger partial charge in [0.1, 0.15) is 0 Å². The second-order valence-corrected chi connectivity index (χ2v) is 5.96. The maximum atomic E-state index is 12.0. The van der Waals surface area contributed by atoms with E-state index in [2.05, 4.69) is 5.32 Å². The van der Waals surface area contributed by atoms with Gasteiger partial charge < -0.3 is 10.2 Å². The number of amides is 2. The highest BCUT2D eigenvalue weighted by Crippen LogP contribution is 2.16. The molecule has 2 amide bonds. The standard InChI is InChI=1S/C16H17N2O4S/c1-10(2)9-13(23)17-12-5-3-11(4-6-12)16(21)22-18-14(19)7-8-15(18)20/h3-6H,7-9H2,1-2H3,(H,17,23). The molecule has 0 unspecified atom stereocenters. The SMILES string of the molecule is C[C](C)CC(=S)Nc1ccc(C(=O)ON2C(=O)CCC2=O)cc1. The van der Waals surface area contributed by atoms with Crippen molar-refractivity contribution in [3.05, 3.63) is 35.7 Å². The molecule has 1 radical (unpaired) electrons. The van der Waals surface area contributed by atoms with E-state index in [9.17, 15) is 14.4 Å². The lowest BCUT2D eigenvalue weighted by Gasteiger charge is -2.13. The summed E-state index contributed by atoms with van der Waals surface area (Å²) in [6, 6.07) is 6.45. The molecule has 2 rings (SSSR count). The van der Waals surface area contributed by atoms with Crippen molar-refractivity contribution in [2.24, 2.45) is 0 Å². The topological polar surface area (TPSA) is 75.7 Å². The molecule has 0 spiro atoms. The van der Waals surface area contributed by atoms with Gasteiger partial charge in [0, 0.05) is 24.9 Å². The van der Waals surface area contributed by atoms with Crippen LogP contribution in [0, 0.1) is 5.92 Å². The molecule has 121 valence electrons. The van der Waals surface area contributed by atoms with Crippen LogP contribution in [-0.4, -0.2) is 27.8 Å². The Morgan fingerprint density at radius 3 is 2.26 bits per heavy atom. The zero-order valence-electron chi connectivity index (χ0n) is 12.9. The summed E-state index contributed by atoms with van der Waals surface area (Å²) in [7, 11) is 0. The first-order valence-corrected chi connectivity index (χ1v) is 7.54. The second kappa shape index (κ2) is 7.32. The van der Waals surface area contributed by atoms with Crippen molar-refractivity contribution in [3.63, 3.8) is 0 Å². The maximum absolute atomic E-state index is 12.0. The molecule has 6 nitrogen and oxygen atoms in total. The number of hydrogen-bond donors (Lipinski definition) is 1. The molecule has 1 saturated heterocycles. The smallest absolute Gasteiger partial charge is 0.350 e. The highest BCUT2D eigenvalue weighted by molar-refractivity contribution is 7.80. The monoisotopic (exact) mass is 333 g/mol. The Kier molecular flexibility index (Phi) is 5.44. The average molecular weight is 333 g/mol. The molecule has 7 heteroatoms. The summed E-state index contributed by atoms with van der Waals surface area (Å²) >= 11 is 5.21. The van der Waals surface area contributed by atoms with E-state index in [0.29, 0.717) is 16.5 Å². The number of nitrogens with zero attached hydrogens (tertiary/aromatic N) is 1. The van der Waals surface area contributed by atoms with Crippen molar-refractivity contribution in [2.45, 2.75) is 33.1 Å². The van der Waals surface area contributed by atoms with Crippen LogP contribution in [0.3, 0.4) is 0 Å². The van der Waals surface area contributed by atoms with E-state index in [-0.39, 0.29) is 18.4 Å². The van der Waals surface area contributed by atoms with Crippen LogP contribution in [0.1, 0.15) is 43.5 Å². The Hall–Kier alpha value is -2.28. The summed E-state index contributed by atoms with van der Waals surface area (Å²) in [6.07, 6.45) is 0.832. The van der Waals surface area contributed by atoms with Crippen LogP contribution in [0.4, 0.5) is 5.69 Å². The van der Waals surface area contributed by atoms with E-state index in [1.807, 2.05) is 13.8 Å². The van der Waals surface area contributed by atoms with E-state index >= 15 is 0 Å². The van der Waals surface area contributed by atoms with E-state index in [0.717, 1.165) is 5.69 Å². The fourth-order valence-electron chi connectivity index (χ4n) is 2.01. The van der Waals surface area contributed by atoms with Gasteiger partial charge in [-0.1, -0.05) is 26.1 Å². The molecule has 1 aromatic carbocycles. The third-order valence-electron chi connectivity index (χ3n) is 3.10. The predicted octanol–water partition coefficient (Wildman–Crippen LogP) is 2.65. The minimum atomic E-state index is -0.750. The summed E-state index contributed by atoms with van der Waals surface area (Å²) in [5.41, 5.74) is 0.994. The van der Waals surface area contributed by atoms with Crippen LogP contribution in [0.25, 0.3) is 0 Å². The van der Waals surface area contributed by atoms with Gasteiger partial charge in [-0.05, 0) is 30.2 Å². The van der Waals surface area contributed by atoms with Crippen LogP contribution in [0.2, 0.25) is 0 Å². The van der Waals surface area contributed by atoms with E-state index < -0.39 is 17.8 Å². The van der Waals surface area contributed by atoms with Gasteiger partial charge in [0.2, 0.25) is 0 Å². The Balaban J connectivity index is 1.96. The van der Waals surface area contributed by atoms with Crippen molar-refractivity contribution in [1.82, 2.24) is 5.06 Å².